The highest BCUT2D eigenvalue weighted by molar-refractivity contribution is 9.10. The van der Waals surface area contributed by atoms with E-state index in [0.717, 1.165) is 15.7 Å². The number of nitriles is 1. The molecule has 0 aromatic heterocycles. The lowest BCUT2D eigenvalue weighted by molar-refractivity contribution is 0.0954. The van der Waals surface area contributed by atoms with E-state index in [0.29, 0.717) is 18.5 Å². The Balaban J connectivity index is 1.94. The molecule has 0 saturated heterocycles. The Morgan fingerprint density at radius 2 is 2.00 bits per heavy atom. The summed E-state index contributed by atoms with van der Waals surface area (Å²) in [5.41, 5.74) is 4.94. The van der Waals surface area contributed by atoms with Crippen molar-refractivity contribution < 1.29 is 4.79 Å². The Bertz CT molecular complexity index is 765. The van der Waals surface area contributed by atoms with Crippen molar-refractivity contribution in [3.8, 4) is 6.07 Å². The molecule has 0 aliphatic heterocycles. The van der Waals surface area contributed by atoms with Gasteiger partial charge in [-0.05, 0) is 45.8 Å². The second-order valence-electron chi connectivity index (χ2n) is 5.10. The third-order valence-electron chi connectivity index (χ3n) is 3.39. The van der Waals surface area contributed by atoms with Crippen LogP contribution >= 0.6 is 15.9 Å². The minimum absolute atomic E-state index is 0.272. The fraction of sp³-hybridized carbons (Fsp3) is 0.167. The van der Waals surface area contributed by atoms with Gasteiger partial charge >= 0.3 is 0 Å². The van der Waals surface area contributed by atoms with Crippen LogP contribution in [0.15, 0.2) is 58.1 Å². The van der Waals surface area contributed by atoms with Crippen LogP contribution in [0.4, 0.5) is 5.69 Å². The summed E-state index contributed by atoms with van der Waals surface area (Å²) in [6, 6.07) is 17.0. The van der Waals surface area contributed by atoms with Crippen LogP contribution in [0.25, 0.3) is 0 Å². The lowest BCUT2D eigenvalue weighted by Gasteiger charge is -2.17. The van der Waals surface area contributed by atoms with Gasteiger partial charge in [0.15, 0.2) is 0 Å². The van der Waals surface area contributed by atoms with Crippen LogP contribution in [-0.2, 0) is 0 Å². The van der Waals surface area contributed by atoms with Crippen molar-refractivity contribution in [2.45, 2.75) is 6.42 Å². The summed E-state index contributed by atoms with van der Waals surface area (Å²) < 4.78 is 0.724. The molecular weight excluding hydrogens is 368 g/mol. The Hall–Kier alpha value is -2.65. The number of amides is 1. The molecule has 2 aromatic carbocycles. The highest BCUT2D eigenvalue weighted by Gasteiger charge is 2.07. The number of hydrogen-bond donors (Lipinski definition) is 1. The van der Waals surface area contributed by atoms with Crippen LogP contribution in [0.2, 0.25) is 0 Å². The van der Waals surface area contributed by atoms with Gasteiger partial charge in [-0.3, -0.25) is 4.79 Å². The van der Waals surface area contributed by atoms with E-state index >= 15 is 0 Å². The topological polar surface area (TPSA) is 68.5 Å². The molecule has 0 radical (unpaired) electrons. The predicted molar refractivity (Wildman–Crippen MR) is 99.1 cm³/mol. The molecule has 0 unspecified atom stereocenters. The van der Waals surface area contributed by atoms with Crippen LogP contribution in [0.5, 0.6) is 0 Å². The molecule has 6 heteroatoms. The van der Waals surface area contributed by atoms with Gasteiger partial charge in [0.05, 0.1) is 24.3 Å². The Labute approximate surface area is 149 Å². The first-order chi connectivity index (χ1) is 11.6. The molecule has 0 atom stereocenters. The van der Waals surface area contributed by atoms with Crippen molar-refractivity contribution in [3.63, 3.8) is 0 Å². The van der Waals surface area contributed by atoms with Gasteiger partial charge in [-0.1, -0.05) is 24.3 Å². The number of carbonyl (C=O) groups excluding carboxylic acids is 1. The molecule has 2 rings (SSSR count). The average molecular weight is 385 g/mol. The van der Waals surface area contributed by atoms with E-state index in [2.05, 4.69) is 32.5 Å². The molecule has 0 saturated carbocycles. The number of hydrazone groups is 1. The molecule has 0 spiro atoms. The first-order valence-corrected chi connectivity index (χ1v) is 8.17. The van der Waals surface area contributed by atoms with E-state index in [-0.39, 0.29) is 5.91 Å². The highest BCUT2D eigenvalue weighted by Crippen LogP contribution is 2.15. The molecule has 122 valence electrons. The van der Waals surface area contributed by atoms with Crippen molar-refractivity contribution in [2.75, 3.05) is 18.5 Å². The van der Waals surface area contributed by atoms with Gasteiger partial charge in [0.1, 0.15) is 0 Å². The van der Waals surface area contributed by atoms with Crippen LogP contribution in [0.3, 0.4) is 0 Å². The van der Waals surface area contributed by atoms with Gasteiger partial charge < -0.3 is 4.90 Å². The maximum Gasteiger partial charge on any atom is 0.272 e. The number of carbonyl (C=O) groups is 1. The maximum absolute atomic E-state index is 12.0. The number of nitrogens with zero attached hydrogens (tertiary/aromatic N) is 3. The first kappa shape index (κ1) is 17.7. The molecule has 0 aliphatic rings. The zero-order valence-corrected chi connectivity index (χ0v) is 14.8. The molecular formula is C18H17BrN4O. The van der Waals surface area contributed by atoms with Gasteiger partial charge in [-0.25, -0.2) is 5.43 Å². The first-order valence-electron chi connectivity index (χ1n) is 7.38. The quantitative estimate of drug-likeness (QED) is 0.611. The van der Waals surface area contributed by atoms with Crippen LogP contribution in [0.1, 0.15) is 22.3 Å². The average Bonchev–Trinajstić information content (AvgIpc) is 2.60. The number of halogens is 1. The molecule has 5 nitrogen and oxygen atoms in total. The zero-order chi connectivity index (χ0) is 17.4. The largest absolute Gasteiger partial charge is 0.374 e. The molecule has 0 bridgehead atoms. The summed E-state index contributed by atoms with van der Waals surface area (Å²) in [5, 5.41) is 12.6. The second kappa shape index (κ2) is 8.85. The minimum atomic E-state index is -0.272. The number of anilines is 1. The lowest BCUT2D eigenvalue weighted by Crippen LogP contribution is -2.18. The summed E-state index contributed by atoms with van der Waals surface area (Å²) >= 11 is 3.34. The number of rotatable bonds is 6. The van der Waals surface area contributed by atoms with Crippen molar-refractivity contribution in [2.24, 2.45) is 5.10 Å². The molecule has 1 amide bonds. The monoisotopic (exact) mass is 384 g/mol. The van der Waals surface area contributed by atoms with Crippen molar-refractivity contribution >= 4 is 33.7 Å². The SMILES string of the molecule is CN(CCC#N)c1ccc(/C=N\NC(=O)c2ccccc2Br)cc1. The van der Waals surface area contributed by atoms with Crippen LogP contribution < -0.4 is 10.3 Å². The highest BCUT2D eigenvalue weighted by atomic mass is 79.9. The van der Waals surface area contributed by atoms with Crippen LogP contribution in [0, 0.1) is 11.3 Å². The van der Waals surface area contributed by atoms with E-state index in [1.165, 1.54) is 0 Å². The standard InChI is InChI=1S/C18H17BrN4O/c1-23(12-4-11-20)15-9-7-14(8-10-15)13-21-22-18(24)16-5-2-3-6-17(16)19/h2-3,5-10,13H,4,12H2,1H3,(H,22,24)/b21-13-. The summed E-state index contributed by atoms with van der Waals surface area (Å²) in [7, 11) is 1.94. The predicted octanol–water partition coefficient (Wildman–Crippen LogP) is 3.56. The van der Waals surface area contributed by atoms with E-state index < -0.39 is 0 Å². The van der Waals surface area contributed by atoms with Gasteiger partial charge in [0, 0.05) is 23.8 Å². The smallest absolute Gasteiger partial charge is 0.272 e. The Morgan fingerprint density at radius 3 is 2.67 bits per heavy atom. The minimum Gasteiger partial charge on any atom is -0.374 e. The molecule has 2 aromatic rings. The summed E-state index contributed by atoms with van der Waals surface area (Å²) in [6.07, 6.45) is 2.08. The summed E-state index contributed by atoms with van der Waals surface area (Å²) in [5.74, 6) is -0.272. The van der Waals surface area contributed by atoms with Crippen molar-refractivity contribution in [3.05, 3.63) is 64.1 Å². The molecule has 0 fully saturated rings. The molecule has 0 heterocycles. The lowest BCUT2D eigenvalue weighted by atomic mass is 10.2. The Kier molecular flexibility index (Phi) is 6.52. The summed E-state index contributed by atoms with van der Waals surface area (Å²) in [4.78, 5) is 14.0. The van der Waals surface area contributed by atoms with E-state index in [1.54, 1.807) is 24.4 Å². The normalized spacial score (nSPS) is 10.4. The van der Waals surface area contributed by atoms with Crippen molar-refractivity contribution in [1.29, 1.82) is 5.26 Å². The van der Waals surface area contributed by atoms with Gasteiger partial charge in [0.2, 0.25) is 0 Å². The van der Waals surface area contributed by atoms with Crippen LogP contribution in [-0.4, -0.2) is 25.7 Å². The maximum atomic E-state index is 12.0. The number of hydrogen-bond acceptors (Lipinski definition) is 4. The molecule has 0 aliphatic carbocycles. The number of nitrogens with one attached hydrogen (secondary N) is 1. The van der Waals surface area contributed by atoms with Gasteiger partial charge in [-0.2, -0.15) is 10.4 Å². The fourth-order valence-corrected chi connectivity index (χ4v) is 2.50. The second-order valence-corrected chi connectivity index (χ2v) is 5.95. The number of benzene rings is 2. The van der Waals surface area contributed by atoms with Gasteiger partial charge in [0.25, 0.3) is 5.91 Å². The zero-order valence-electron chi connectivity index (χ0n) is 13.2. The molecule has 24 heavy (non-hydrogen) atoms. The fourth-order valence-electron chi connectivity index (χ4n) is 2.03. The third kappa shape index (κ3) is 4.93. The van der Waals surface area contributed by atoms with E-state index in [1.807, 2.05) is 42.3 Å². The third-order valence-corrected chi connectivity index (χ3v) is 4.08. The van der Waals surface area contributed by atoms with E-state index in [9.17, 15) is 4.79 Å². The van der Waals surface area contributed by atoms with Crippen molar-refractivity contribution in [1.82, 2.24) is 5.43 Å². The van der Waals surface area contributed by atoms with Gasteiger partial charge in [-0.15, -0.1) is 0 Å². The Morgan fingerprint density at radius 1 is 1.29 bits per heavy atom. The van der Waals surface area contributed by atoms with E-state index in [4.69, 9.17) is 5.26 Å². The molecule has 1 N–H and O–H groups in total. The summed E-state index contributed by atoms with van der Waals surface area (Å²) in [6.45, 7) is 0.686.